The zero-order chi connectivity index (χ0) is 8.81. The highest BCUT2D eigenvalue weighted by Crippen LogP contribution is 2.06. The van der Waals surface area contributed by atoms with Crippen LogP contribution < -0.4 is 10.9 Å². The second-order valence-corrected chi connectivity index (χ2v) is 2.30. The van der Waals surface area contributed by atoms with Crippen molar-refractivity contribution in [2.75, 3.05) is 12.0 Å². The molecule has 0 amide bonds. The van der Waals surface area contributed by atoms with Gasteiger partial charge in [0.05, 0.1) is 0 Å². The van der Waals surface area contributed by atoms with Gasteiger partial charge in [-0.05, 0) is 24.3 Å². The molecule has 0 aliphatic rings. The Morgan fingerprint density at radius 2 is 2.00 bits per heavy atom. The van der Waals surface area contributed by atoms with Crippen LogP contribution in [0.3, 0.4) is 0 Å². The van der Waals surface area contributed by atoms with Crippen LogP contribution in [0, 0.1) is 5.82 Å². The van der Waals surface area contributed by atoms with Gasteiger partial charge in [0, 0.05) is 12.2 Å². The number of rotatable bonds is 4. The average molecular weight is 166 g/mol. The number of hydrogen-bond acceptors (Lipinski definition) is 2. The maximum Gasteiger partial charge on any atom is 0.123 e. The van der Waals surface area contributed by atoms with Crippen molar-refractivity contribution in [2.45, 2.75) is 0 Å². The SMILES string of the molecule is C=CCNNc1ccc(F)cc1. The van der Waals surface area contributed by atoms with Gasteiger partial charge in [-0.1, -0.05) is 6.08 Å². The Balaban J connectivity index is 2.42. The number of nitrogens with one attached hydrogen (secondary N) is 2. The van der Waals surface area contributed by atoms with E-state index in [-0.39, 0.29) is 5.82 Å². The van der Waals surface area contributed by atoms with Crippen LogP contribution in [0.1, 0.15) is 0 Å². The van der Waals surface area contributed by atoms with E-state index in [4.69, 9.17) is 0 Å². The molecule has 0 saturated carbocycles. The standard InChI is InChI=1S/C9H11FN2/c1-2-7-11-12-9-5-3-8(10)4-6-9/h2-6,11-12H,1,7H2. The van der Waals surface area contributed by atoms with Crippen molar-refractivity contribution in [2.24, 2.45) is 0 Å². The zero-order valence-corrected chi connectivity index (χ0v) is 6.68. The lowest BCUT2D eigenvalue weighted by molar-refractivity contribution is 0.628. The Hall–Kier alpha value is -1.35. The molecule has 2 N–H and O–H groups in total. The van der Waals surface area contributed by atoms with Gasteiger partial charge in [-0.3, -0.25) is 0 Å². The predicted molar refractivity (Wildman–Crippen MR) is 48.2 cm³/mol. The highest BCUT2D eigenvalue weighted by atomic mass is 19.1. The van der Waals surface area contributed by atoms with Gasteiger partial charge in [0.25, 0.3) is 0 Å². The second kappa shape index (κ2) is 4.51. The molecule has 1 rings (SSSR count). The normalized spacial score (nSPS) is 9.42. The summed E-state index contributed by atoms with van der Waals surface area (Å²) in [4.78, 5) is 0. The lowest BCUT2D eigenvalue weighted by Crippen LogP contribution is -2.20. The third kappa shape index (κ3) is 2.72. The monoisotopic (exact) mass is 166 g/mol. The van der Waals surface area contributed by atoms with E-state index in [0.29, 0.717) is 6.54 Å². The van der Waals surface area contributed by atoms with Crippen molar-refractivity contribution >= 4 is 5.69 Å². The molecule has 3 heteroatoms. The first kappa shape index (κ1) is 8.74. The fourth-order valence-corrected chi connectivity index (χ4v) is 0.758. The first-order valence-electron chi connectivity index (χ1n) is 3.68. The van der Waals surface area contributed by atoms with Gasteiger partial charge in [-0.15, -0.1) is 6.58 Å². The molecule has 0 aliphatic heterocycles. The topological polar surface area (TPSA) is 24.1 Å². The summed E-state index contributed by atoms with van der Waals surface area (Å²) in [6.45, 7) is 4.21. The third-order valence-corrected chi connectivity index (χ3v) is 1.32. The molecule has 0 spiro atoms. The summed E-state index contributed by atoms with van der Waals surface area (Å²) in [7, 11) is 0. The maximum absolute atomic E-state index is 12.4. The van der Waals surface area contributed by atoms with E-state index in [1.54, 1.807) is 18.2 Å². The van der Waals surface area contributed by atoms with Gasteiger partial charge in [0.15, 0.2) is 0 Å². The molecule has 0 aromatic heterocycles. The van der Waals surface area contributed by atoms with Crippen molar-refractivity contribution in [3.05, 3.63) is 42.7 Å². The first-order chi connectivity index (χ1) is 5.83. The lowest BCUT2D eigenvalue weighted by atomic mass is 10.3. The molecule has 2 nitrogen and oxygen atoms in total. The number of anilines is 1. The van der Waals surface area contributed by atoms with E-state index < -0.39 is 0 Å². The van der Waals surface area contributed by atoms with Crippen molar-refractivity contribution in [3.63, 3.8) is 0 Å². The largest absolute Gasteiger partial charge is 0.321 e. The number of halogens is 1. The molecule has 0 aliphatic carbocycles. The Morgan fingerprint density at radius 1 is 1.33 bits per heavy atom. The van der Waals surface area contributed by atoms with Crippen LogP contribution >= 0.6 is 0 Å². The highest BCUT2D eigenvalue weighted by molar-refractivity contribution is 5.41. The Labute approximate surface area is 71.1 Å². The van der Waals surface area contributed by atoms with Crippen LogP contribution in [-0.4, -0.2) is 6.54 Å². The van der Waals surface area contributed by atoms with E-state index in [2.05, 4.69) is 17.4 Å². The molecule has 0 radical (unpaired) electrons. The van der Waals surface area contributed by atoms with Gasteiger partial charge in [-0.25, -0.2) is 9.82 Å². The van der Waals surface area contributed by atoms with Crippen LogP contribution in [-0.2, 0) is 0 Å². The molecule has 0 bridgehead atoms. The minimum atomic E-state index is -0.232. The van der Waals surface area contributed by atoms with E-state index >= 15 is 0 Å². The molecular formula is C9H11FN2. The van der Waals surface area contributed by atoms with E-state index in [0.717, 1.165) is 5.69 Å². The molecule has 64 valence electrons. The fourth-order valence-electron chi connectivity index (χ4n) is 0.758. The van der Waals surface area contributed by atoms with Crippen molar-refractivity contribution in [1.82, 2.24) is 5.43 Å². The van der Waals surface area contributed by atoms with Crippen LogP contribution in [0.5, 0.6) is 0 Å². The minimum Gasteiger partial charge on any atom is -0.321 e. The van der Waals surface area contributed by atoms with Crippen LogP contribution in [0.4, 0.5) is 10.1 Å². The maximum atomic E-state index is 12.4. The highest BCUT2D eigenvalue weighted by Gasteiger charge is 1.89. The van der Waals surface area contributed by atoms with Crippen LogP contribution in [0.2, 0.25) is 0 Å². The van der Waals surface area contributed by atoms with E-state index in [1.807, 2.05) is 0 Å². The van der Waals surface area contributed by atoms with Crippen molar-refractivity contribution in [1.29, 1.82) is 0 Å². The van der Waals surface area contributed by atoms with Gasteiger partial charge < -0.3 is 5.43 Å². The Bertz CT molecular complexity index is 243. The second-order valence-electron chi connectivity index (χ2n) is 2.30. The van der Waals surface area contributed by atoms with Gasteiger partial charge >= 0.3 is 0 Å². The van der Waals surface area contributed by atoms with Gasteiger partial charge in [-0.2, -0.15) is 0 Å². The summed E-state index contributed by atoms with van der Waals surface area (Å²) in [5.74, 6) is -0.232. The summed E-state index contributed by atoms with van der Waals surface area (Å²) in [5.41, 5.74) is 6.60. The molecule has 1 aromatic rings. The summed E-state index contributed by atoms with van der Waals surface area (Å²) < 4.78 is 12.4. The van der Waals surface area contributed by atoms with Gasteiger partial charge in [0.2, 0.25) is 0 Å². The van der Waals surface area contributed by atoms with E-state index in [1.165, 1.54) is 12.1 Å². The summed E-state index contributed by atoms with van der Waals surface area (Å²) in [6.07, 6.45) is 1.73. The molecule has 0 atom stereocenters. The molecule has 0 fully saturated rings. The molecule has 0 saturated heterocycles. The zero-order valence-electron chi connectivity index (χ0n) is 6.68. The van der Waals surface area contributed by atoms with Crippen LogP contribution in [0.15, 0.2) is 36.9 Å². The Kier molecular flexibility index (Phi) is 3.29. The molecule has 0 unspecified atom stereocenters. The first-order valence-corrected chi connectivity index (χ1v) is 3.68. The average Bonchev–Trinajstić information content (AvgIpc) is 2.09. The minimum absolute atomic E-state index is 0.232. The molecule has 0 heterocycles. The number of hydrogen-bond donors (Lipinski definition) is 2. The number of benzene rings is 1. The van der Waals surface area contributed by atoms with Crippen molar-refractivity contribution in [3.8, 4) is 0 Å². The van der Waals surface area contributed by atoms with E-state index in [9.17, 15) is 4.39 Å². The molecular weight excluding hydrogens is 155 g/mol. The molecule has 12 heavy (non-hydrogen) atoms. The number of hydrazine groups is 1. The van der Waals surface area contributed by atoms with Gasteiger partial charge in [0.1, 0.15) is 5.82 Å². The Morgan fingerprint density at radius 3 is 2.58 bits per heavy atom. The van der Waals surface area contributed by atoms with Crippen LogP contribution in [0.25, 0.3) is 0 Å². The fraction of sp³-hybridized carbons (Fsp3) is 0.111. The third-order valence-electron chi connectivity index (χ3n) is 1.32. The summed E-state index contributed by atoms with van der Waals surface area (Å²) in [5, 5.41) is 0. The smallest absolute Gasteiger partial charge is 0.123 e. The quantitative estimate of drug-likeness (QED) is 0.405. The van der Waals surface area contributed by atoms with Crippen molar-refractivity contribution < 1.29 is 4.39 Å². The molecule has 1 aromatic carbocycles. The predicted octanol–water partition coefficient (Wildman–Crippen LogP) is 1.93. The summed E-state index contributed by atoms with van der Waals surface area (Å²) in [6, 6.07) is 6.12. The lowest BCUT2D eigenvalue weighted by Gasteiger charge is -2.04. The summed E-state index contributed by atoms with van der Waals surface area (Å²) >= 11 is 0.